The minimum absolute atomic E-state index is 0. The van der Waals surface area contributed by atoms with Gasteiger partial charge in [0.25, 0.3) is 0 Å². The number of halogens is 1. The van der Waals surface area contributed by atoms with Gasteiger partial charge in [0.05, 0.1) is 6.61 Å². The molecule has 0 bridgehead atoms. The predicted octanol–water partition coefficient (Wildman–Crippen LogP) is 3.57. The van der Waals surface area contributed by atoms with Crippen LogP contribution in [0.2, 0.25) is 0 Å². The van der Waals surface area contributed by atoms with Crippen LogP contribution in [-0.2, 0) is 4.74 Å². The van der Waals surface area contributed by atoms with E-state index in [0.717, 1.165) is 45.2 Å². The Labute approximate surface area is 193 Å². The van der Waals surface area contributed by atoms with E-state index >= 15 is 0 Å². The average Bonchev–Trinajstić information content (AvgIpc) is 2.75. The topological polar surface area (TPSA) is 48.9 Å². The highest BCUT2D eigenvalue weighted by Crippen LogP contribution is 2.23. The van der Waals surface area contributed by atoms with Crippen LogP contribution in [0.3, 0.4) is 0 Å². The van der Waals surface area contributed by atoms with Crippen molar-refractivity contribution in [3.63, 3.8) is 0 Å². The van der Waals surface area contributed by atoms with E-state index in [4.69, 9.17) is 4.74 Å². The number of ether oxygens (including phenoxy) is 1. The van der Waals surface area contributed by atoms with Gasteiger partial charge in [0.15, 0.2) is 5.96 Å². The van der Waals surface area contributed by atoms with Crippen molar-refractivity contribution in [3.05, 3.63) is 71.8 Å². The number of methoxy groups -OCH3 is 1. The molecule has 0 saturated heterocycles. The Balaban J connectivity index is 0.00000420. The molecule has 5 nitrogen and oxygen atoms in total. The Bertz CT molecular complexity index is 642. The molecule has 160 valence electrons. The van der Waals surface area contributed by atoms with Gasteiger partial charge in [0.1, 0.15) is 0 Å². The van der Waals surface area contributed by atoms with Crippen LogP contribution in [-0.4, -0.2) is 64.9 Å². The molecule has 0 aromatic heterocycles. The Kier molecular flexibility index (Phi) is 13.3. The summed E-state index contributed by atoms with van der Waals surface area (Å²) in [6.07, 6.45) is 1.06. The summed E-state index contributed by atoms with van der Waals surface area (Å²) in [5.41, 5.74) is 2.60. The van der Waals surface area contributed by atoms with E-state index in [1.165, 1.54) is 11.1 Å². The second-order valence-electron chi connectivity index (χ2n) is 6.90. The highest BCUT2D eigenvalue weighted by atomic mass is 127. The van der Waals surface area contributed by atoms with Crippen LogP contribution in [0, 0.1) is 0 Å². The maximum atomic E-state index is 5.12. The first-order valence-electron chi connectivity index (χ1n) is 9.96. The average molecular weight is 510 g/mol. The Hall–Kier alpha value is -1.64. The molecule has 2 aromatic rings. The first-order valence-corrected chi connectivity index (χ1v) is 9.96. The molecule has 0 unspecified atom stereocenters. The first kappa shape index (κ1) is 25.4. The van der Waals surface area contributed by atoms with Crippen molar-refractivity contribution < 1.29 is 4.74 Å². The molecular formula is C23H35IN4O. The maximum absolute atomic E-state index is 5.12. The minimum Gasteiger partial charge on any atom is -0.383 e. The quantitative estimate of drug-likeness (QED) is 0.210. The summed E-state index contributed by atoms with van der Waals surface area (Å²) < 4.78 is 5.12. The lowest BCUT2D eigenvalue weighted by Gasteiger charge is -2.21. The fraction of sp³-hybridized carbons (Fsp3) is 0.435. The van der Waals surface area contributed by atoms with Crippen LogP contribution in [0.4, 0.5) is 0 Å². The Morgan fingerprint density at radius 2 is 1.55 bits per heavy atom. The van der Waals surface area contributed by atoms with Crippen molar-refractivity contribution in [1.29, 1.82) is 0 Å². The molecule has 0 aliphatic heterocycles. The maximum Gasteiger partial charge on any atom is 0.191 e. The van der Waals surface area contributed by atoms with E-state index in [9.17, 15) is 0 Å². The SMILES string of the molecule is CN=C(NCCCN(C)CCOC)NCC(c1ccccc1)c1ccccc1.I. The molecule has 0 aliphatic rings. The van der Waals surface area contributed by atoms with Gasteiger partial charge in [-0.1, -0.05) is 60.7 Å². The fourth-order valence-electron chi connectivity index (χ4n) is 3.13. The van der Waals surface area contributed by atoms with Gasteiger partial charge in [-0.3, -0.25) is 4.99 Å². The zero-order valence-corrected chi connectivity index (χ0v) is 20.1. The van der Waals surface area contributed by atoms with E-state index in [0.29, 0.717) is 0 Å². The fourth-order valence-corrected chi connectivity index (χ4v) is 3.13. The molecule has 0 amide bonds. The normalized spacial score (nSPS) is 11.4. The van der Waals surface area contributed by atoms with Gasteiger partial charge < -0.3 is 20.3 Å². The van der Waals surface area contributed by atoms with Gasteiger partial charge in [-0.05, 0) is 31.1 Å². The standard InChI is InChI=1S/C23H34N4O.HI/c1-24-23(25-15-10-16-27(2)17-18-28-3)26-19-22(20-11-6-4-7-12-20)21-13-8-5-9-14-21;/h4-9,11-14,22H,10,15-19H2,1-3H3,(H2,24,25,26);1H. The van der Waals surface area contributed by atoms with Crippen LogP contribution in [0.15, 0.2) is 65.7 Å². The third-order valence-corrected chi connectivity index (χ3v) is 4.79. The number of nitrogens with zero attached hydrogens (tertiary/aromatic N) is 2. The number of hydrogen-bond donors (Lipinski definition) is 2. The first-order chi connectivity index (χ1) is 13.7. The van der Waals surface area contributed by atoms with Gasteiger partial charge in [-0.25, -0.2) is 0 Å². The summed E-state index contributed by atoms with van der Waals surface area (Å²) in [5.74, 6) is 1.12. The Morgan fingerprint density at radius 3 is 2.07 bits per heavy atom. The molecule has 0 spiro atoms. The third kappa shape index (κ3) is 9.60. The van der Waals surface area contributed by atoms with E-state index < -0.39 is 0 Å². The molecule has 2 N–H and O–H groups in total. The van der Waals surface area contributed by atoms with Crippen molar-refractivity contribution in [3.8, 4) is 0 Å². The van der Waals surface area contributed by atoms with Crippen LogP contribution < -0.4 is 10.6 Å². The van der Waals surface area contributed by atoms with Gasteiger partial charge in [-0.2, -0.15) is 0 Å². The molecule has 2 aromatic carbocycles. The number of benzene rings is 2. The summed E-state index contributed by atoms with van der Waals surface area (Å²) in [4.78, 5) is 6.65. The molecule has 0 aliphatic carbocycles. The van der Waals surface area contributed by atoms with Gasteiger partial charge in [-0.15, -0.1) is 24.0 Å². The van der Waals surface area contributed by atoms with E-state index in [2.05, 4.69) is 88.2 Å². The highest BCUT2D eigenvalue weighted by molar-refractivity contribution is 14.0. The van der Waals surface area contributed by atoms with Gasteiger partial charge in [0.2, 0.25) is 0 Å². The molecular weight excluding hydrogens is 475 g/mol. The molecule has 0 saturated carbocycles. The second kappa shape index (κ2) is 15.2. The van der Waals surface area contributed by atoms with Crippen LogP contribution >= 0.6 is 24.0 Å². The lowest BCUT2D eigenvalue weighted by molar-refractivity contribution is 0.161. The van der Waals surface area contributed by atoms with E-state index in [1.54, 1.807) is 7.11 Å². The van der Waals surface area contributed by atoms with Crippen LogP contribution in [0.1, 0.15) is 23.5 Å². The summed E-state index contributed by atoms with van der Waals surface area (Å²) in [6.45, 7) is 4.44. The number of rotatable bonds is 11. The van der Waals surface area contributed by atoms with Crippen molar-refractivity contribution in [2.45, 2.75) is 12.3 Å². The third-order valence-electron chi connectivity index (χ3n) is 4.79. The minimum atomic E-state index is 0. The summed E-state index contributed by atoms with van der Waals surface area (Å²) in [7, 11) is 5.68. The number of aliphatic imine (C=N–C) groups is 1. The van der Waals surface area contributed by atoms with Crippen molar-refractivity contribution in [2.24, 2.45) is 4.99 Å². The number of nitrogens with one attached hydrogen (secondary N) is 2. The largest absolute Gasteiger partial charge is 0.383 e. The predicted molar refractivity (Wildman–Crippen MR) is 133 cm³/mol. The number of hydrogen-bond acceptors (Lipinski definition) is 3. The van der Waals surface area contributed by atoms with Crippen LogP contribution in [0.25, 0.3) is 0 Å². The molecule has 0 fully saturated rings. The molecule has 2 rings (SSSR count). The zero-order valence-electron chi connectivity index (χ0n) is 17.8. The Morgan fingerprint density at radius 1 is 0.966 bits per heavy atom. The second-order valence-corrected chi connectivity index (χ2v) is 6.90. The zero-order chi connectivity index (χ0) is 20.0. The molecule has 0 atom stereocenters. The summed E-state index contributed by atoms with van der Waals surface area (Å²) in [5, 5.41) is 6.91. The summed E-state index contributed by atoms with van der Waals surface area (Å²) >= 11 is 0. The lowest BCUT2D eigenvalue weighted by atomic mass is 9.91. The van der Waals surface area contributed by atoms with Gasteiger partial charge in [0, 0.05) is 39.7 Å². The monoisotopic (exact) mass is 510 g/mol. The van der Waals surface area contributed by atoms with E-state index in [-0.39, 0.29) is 29.9 Å². The van der Waals surface area contributed by atoms with Crippen molar-refractivity contribution in [1.82, 2.24) is 15.5 Å². The smallest absolute Gasteiger partial charge is 0.191 e. The number of likely N-dealkylation sites (N-methyl/N-ethyl adjacent to an activating group) is 1. The van der Waals surface area contributed by atoms with Gasteiger partial charge >= 0.3 is 0 Å². The van der Waals surface area contributed by atoms with Crippen molar-refractivity contribution in [2.75, 3.05) is 54.0 Å². The lowest BCUT2D eigenvalue weighted by Crippen LogP contribution is -2.40. The summed E-state index contributed by atoms with van der Waals surface area (Å²) in [6, 6.07) is 21.2. The van der Waals surface area contributed by atoms with E-state index in [1.807, 2.05) is 7.05 Å². The number of guanidine groups is 1. The molecule has 0 heterocycles. The molecule has 0 radical (unpaired) electrons. The van der Waals surface area contributed by atoms with Crippen LogP contribution in [0.5, 0.6) is 0 Å². The molecule has 6 heteroatoms. The molecule has 29 heavy (non-hydrogen) atoms. The highest BCUT2D eigenvalue weighted by Gasteiger charge is 2.14. The van der Waals surface area contributed by atoms with Crippen molar-refractivity contribution >= 4 is 29.9 Å².